The molecule has 1 N–H and O–H groups in total. The molecular formula is C17H20ClN3OS. The Balaban J connectivity index is 1.46. The second-order valence-corrected chi connectivity index (χ2v) is 7.19. The Bertz CT molecular complexity index is 630. The number of anilines is 1. The van der Waals surface area contributed by atoms with Gasteiger partial charge in [0, 0.05) is 36.2 Å². The first kappa shape index (κ1) is 16.3. The van der Waals surface area contributed by atoms with Crippen molar-refractivity contribution in [1.82, 2.24) is 10.3 Å². The van der Waals surface area contributed by atoms with Gasteiger partial charge in [-0.1, -0.05) is 23.7 Å². The Hall–Kier alpha value is -1.59. The maximum absolute atomic E-state index is 12.1. The van der Waals surface area contributed by atoms with E-state index in [2.05, 4.69) is 15.2 Å². The first-order valence-corrected chi connectivity index (χ1v) is 9.12. The number of hydrogen-bond acceptors (Lipinski definition) is 4. The number of benzene rings is 1. The monoisotopic (exact) mass is 349 g/mol. The van der Waals surface area contributed by atoms with Crippen molar-refractivity contribution in [2.45, 2.75) is 19.3 Å². The largest absolute Gasteiger partial charge is 0.355 e. The van der Waals surface area contributed by atoms with Crippen LogP contribution in [-0.4, -0.2) is 30.5 Å². The third-order valence-electron chi connectivity index (χ3n) is 4.07. The topological polar surface area (TPSA) is 45.2 Å². The minimum atomic E-state index is 0.0682. The number of amides is 1. The number of hydrogen-bond donors (Lipinski definition) is 1. The molecule has 2 heterocycles. The molecule has 3 rings (SSSR count). The van der Waals surface area contributed by atoms with Crippen molar-refractivity contribution < 1.29 is 4.79 Å². The van der Waals surface area contributed by atoms with Gasteiger partial charge in [0.25, 0.3) is 0 Å². The average molecular weight is 350 g/mol. The molecule has 1 atom stereocenters. The molecule has 1 fully saturated rings. The Morgan fingerprint density at radius 3 is 2.96 bits per heavy atom. The molecule has 1 unspecified atom stereocenters. The van der Waals surface area contributed by atoms with E-state index in [-0.39, 0.29) is 5.91 Å². The summed E-state index contributed by atoms with van der Waals surface area (Å²) in [4.78, 5) is 18.8. The highest BCUT2D eigenvalue weighted by Gasteiger charge is 2.21. The zero-order valence-corrected chi connectivity index (χ0v) is 14.4. The van der Waals surface area contributed by atoms with Gasteiger partial charge < -0.3 is 10.2 Å². The standard InChI is InChI=1S/C17H20ClN3OS/c18-15-5-3-13(4-6-15)10-16(22)20-11-14-2-1-8-21(12-14)17-19-7-9-23-17/h3-7,9,14H,1-2,8,10-12H2,(H,20,22). The van der Waals surface area contributed by atoms with E-state index in [0.29, 0.717) is 17.4 Å². The number of piperidine rings is 1. The molecular weight excluding hydrogens is 330 g/mol. The van der Waals surface area contributed by atoms with Gasteiger partial charge in [-0.2, -0.15) is 0 Å². The number of halogens is 1. The van der Waals surface area contributed by atoms with Crippen molar-refractivity contribution in [3.63, 3.8) is 0 Å². The van der Waals surface area contributed by atoms with E-state index in [1.54, 1.807) is 11.3 Å². The van der Waals surface area contributed by atoms with E-state index in [0.717, 1.165) is 43.2 Å². The van der Waals surface area contributed by atoms with Crippen LogP contribution in [-0.2, 0) is 11.2 Å². The Morgan fingerprint density at radius 2 is 2.22 bits per heavy atom. The number of thiazole rings is 1. The van der Waals surface area contributed by atoms with E-state index in [1.807, 2.05) is 35.8 Å². The van der Waals surface area contributed by atoms with Gasteiger partial charge in [0.1, 0.15) is 0 Å². The third-order valence-corrected chi connectivity index (χ3v) is 5.16. The minimum Gasteiger partial charge on any atom is -0.355 e. The summed E-state index contributed by atoms with van der Waals surface area (Å²) in [5, 5.41) is 6.85. The molecule has 4 nitrogen and oxygen atoms in total. The Kier molecular flexibility index (Phi) is 5.51. The van der Waals surface area contributed by atoms with Crippen LogP contribution >= 0.6 is 22.9 Å². The second-order valence-electron chi connectivity index (χ2n) is 5.88. The van der Waals surface area contributed by atoms with Gasteiger partial charge in [-0.3, -0.25) is 4.79 Å². The fourth-order valence-corrected chi connectivity index (χ4v) is 3.69. The quantitative estimate of drug-likeness (QED) is 0.900. The van der Waals surface area contributed by atoms with Crippen LogP contribution in [0.4, 0.5) is 5.13 Å². The molecule has 1 amide bonds. The first-order chi connectivity index (χ1) is 11.2. The molecule has 0 radical (unpaired) electrons. The number of nitrogens with zero attached hydrogens (tertiary/aromatic N) is 2. The Morgan fingerprint density at radius 1 is 1.39 bits per heavy atom. The van der Waals surface area contributed by atoms with Gasteiger partial charge in [0.05, 0.1) is 6.42 Å². The van der Waals surface area contributed by atoms with Crippen molar-refractivity contribution in [3.05, 3.63) is 46.4 Å². The lowest BCUT2D eigenvalue weighted by molar-refractivity contribution is -0.120. The number of rotatable bonds is 5. The highest BCUT2D eigenvalue weighted by Crippen LogP contribution is 2.24. The van der Waals surface area contributed by atoms with E-state index in [4.69, 9.17) is 11.6 Å². The van der Waals surface area contributed by atoms with Crippen LogP contribution in [0.3, 0.4) is 0 Å². The molecule has 2 aromatic rings. The fourth-order valence-electron chi connectivity index (χ4n) is 2.89. The Labute approximate surface area is 145 Å². The first-order valence-electron chi connectivity index (χ1n) is 7.86. The lowest BCUT2D eigenvalue weighted by atomic mass is 9.98. The summed E-state index contributed by atoms with van der Waals surface area (Å²) >= 11 is 7.53. The molecule has 1 aliphatic heterocycles. The molecule has 122 valence electrons. The SMILES string of the molecule is O=C(Cc1ccc(Cl)cc1)NCC1CCCN(c2nccs2)C1. The summed E-state index contributed by atoms with van der Waals surface area (Å²) < 4.78 is 0. The normalized spacial score (nSPS) is 18.0. The average Bonchev–Trinajstić information content (AvgIpc) is 3.10. The fraction of sp³-hybridized carbons (Fsp3) is 0.412. The summed E-state index contributed by atoms with van der Waals surface area (Å²) in [6, 6.07) is 7.42. The van der Waals surface area contributed by atoms with Crippen molar-refractivity contribution in [1.29, 1.82) is 0 Å². The van der Waals surface area contributed by atoms with Crippen molar-refractivity contribution in [2.24, 2.45) is 5.92 Å². The molecule has 23 heavy (non-hydrogen) atoms. The van der Waals surface area contributed by atoms with Gasteiger partial charge in [-0.15, -0.1) is 11.3 Å². The van der Waals surface area contributed by atoms with Gasteiger partial charge in [-0.25, -0.2) is 4.98 Å². The third kappa shape index (κ3) is 4.69. The van der Waals surface area contributed by atoms with Gasteiger partial charge >= 0.3 is 0 Å². The number of carbonyl (C=O) groups is 1. The van der Waals surface area contributed by atoms with Gasteiger partial charge in [0.15, 0.2) is 5.13 Å². The zero-order valence-electron chi connectivity index (χ0n) is 12.9. The van der Waals surface area contributed by atoms with Crippen LogP contribution in [0.1, 0.15) is 18.4 Å². The minimum absolute atomic E-state index is 0.0682. The van der Waals surface area contributed by atoms with Crippen molar-refractivity contribution in [2.75, 3.05) is 24.5 Å². The predicted octanol–water partition coefficient (Wildman–Crippen LogP) is 3.37. The van der Waals surface area contributed by atoms with Crippen molar-refractivity contribution in [3.8, 4) is 0 Å². The van der Waals surface area contributed by atoms with Crippen LogP contribution in [0.25, 0.3) is 0 Å². The summed E-state index contributed by atoms with van der Waals surface area (Å²) in [5.41, 5.74) is 0.986. The molecule has 1 aromatic carbocycles. The molecule has 0 saturated carbocycles. The lowest BCUT2D eigenvalue weighted by Crippen LogP contribution is -2.41. The van der Waals surface area contributed by atoms with Gasteiger partial charge in [-0.05, 0) is 36.5 Å². The molecule has 0 spiro atoms. The van der Waals surface area contributed by atoms with Gasteiger partial charge in [0.2, 0.25) is 5.91 Å². The van der Waals surface area contributed by atoms with Crippen molar-refractivity contribution >= 4 is 34.0 Å². The predicted molar refractivity (Wildman–Crippen MR) is 95.2 cm³/mol. The summed E-state index contributed by atoms with van der Waals surface area (Å²) in [6.07, 6.45) is 4.55. The number of carbonyl (C=O) groups excluding carboxylic acids is 1. The maximum Gasteiger partial charge on any atom is 0.224 e. The number of nitrogens with one attached hydrogen (secondary N) is 1. The summed E-state index contributed by atoms with van der Waals surface area (Å²) in [5.74, 6) is 0.556. The highest BCUT2D eigenvalue weighted by atomic mass is 35.5. The maximum atomic E-state index is 12.1. The summed E-state index contributed by atoms with van der Waals surface area (Å²) in [6.45, 7) is 2.76. The second kappa shape index (κ2) is 7.79. The zero-order chi connectivity index (χ0) is 16.1. The van der Waals surface area contributed by atoms with Crippen LogP contribution < -0.4 is 10.2 Å². The lowest BCUT2D eigenvalue weighted by Gasteiger charge is -2.32. The highest BCUT2D eigenvalue weighted by molar-refractivity contribution is 7.13. The van der Waals surface area contributed by atoms with E-state index < -0.39 is 0 Å². The molecule has 1 saturated heterocycles. The molecule has 1 aromatic heterocycles. The number of aromatic nitrogens is 1. The van der Waals surface area contributed by atoms with Crippen LogP contribution in [0, 0.1) is 5.92 Å². The summed E-state index contributed by atoms with van der Waals surface area (Å²) in [7, 11) is 0. The van der Waals surface area contributed by atoms with Crippen LogP contribution in [0.5, 0.6) is 0 Å². The molecule has 0 bridgehead atoms. The van der Waals surface area contributed by atoms with Crippen LogP contribution in [0.15, 0.2) is 35.8 Å². The van der Waals surface area contributed by atoms with E-state index in [1.165, 1.54) is 0 Å². The molecule has 6 heteroatoms. The smallest absolute Gasteiger partial charge is 0.224 e. The van der Waals surface area contributed by atoms with Crippen LogP contribution in [0.2, 0.25) is 5.02 Å². The molecule has 0 aliphatic carbocycles. The van der Waals surface area contributed by atoms with E-state index >= 15 is 0 Å². The molecule has 1 aliphatic rings. The van der Waals surface area contributed by atoms with E-state index in [9.17, 15) is 4.79 Å².